The van der Waals surface area contributed by atoms with Crippen LogP contribution in [0.1, 0.15) is 31.2 Å². The van der Waals surface area contributed by atoms with Gasteiger partial charge in [-0.15, -0.1) is 0 Å². The van der Waals surface area contributed by atoms with Crippen molar-refractivity contribution in [2.24, 2.45) is 0 Å². The number of nitrogens with one attached hydrogen (secondary N) is 1. The van der Waals surface area contributed by atoms with Gasteiger partial charge in [0.1, 0.15) is 6.61 Å². The molecule has 0 radical (unpaired) electrons. The van der Waals surface area contributed by atoms with Crippen LogP contribution < -0.4 is 14.8 Å². The van der Waals surface area contributed by atoms with Gasteiger partial charge in [-0.2, -0.15) is 0 Å². The van der Waals surface area contributed by atoms with Crippen LogP contribution in [0.4, 0.5) is 0 Å². The van der Waals surface area contributed by atoms with Crippen molar-refractivity contribution in [1.29, 1.82) is 0 Å². The van der Waals surface area contributed by atoms with Gasteiger partial charge in [0.15, 0.2) is 11.5 Å². The Morgan fingerprint density at radius 3 is 2.95 bits per heavy atom. The summed E-state index contributed by atoms with van der Waals surface area (Å²) < 4.78 is 11.3. The van der Waals surface area contributed by atoms with Crippen LogP contribution in [0, 0.1) is 0 Å². The van der Waals surface area contributed by atoms with Crippen LogP contribution in [0.5, 0.6) is 11.5 Å². The molecule has 0 saturated carbocycles. The average Bonchev–Trinajstić information content (AvgIpc) is 2.47. The van der Waals surface area contributed by atoms with Crippen LogP contribution in [-0.4, -0.2) is 26.3 Å². The molecule has 1 unspecified atom stereocenters. The van der Waals surface area contributed by atoms with Gasteiger partial charge < -0.3 is 14.8 Å². The summed E-state index contributed by atoms with van der Waals surface area (Å²) in [6.45, 7) is 9.00. The Kier molecular flexibility index (Phi) is 5.28. The van der Waals surface area contributed by atoms with Crippen LogP contribution in [0.2, 0.25) is 0 Å². The van der Waals surface area contributed by atoms with Gasteiger partial charge in [-0.1, -0.05) is 18.7 Å². The molecule has 0 bridgehead atoms. The summed E-state index contributed by atoms with van der Waals surface area (Å²) in [6.07, 6.45) is 4.23. The zero-order valence-corrected chi connectivity index (χ0v) is 11.7. The molecule has 1 aliphatic heterocycles. The summed E-state index contributed by atoms with van der Waals surface area (Å²) in [5, 5.41) is 3.45. The van der Waals surface area contributed by atoms with Gasteiger partial charge in [0.05, 0.1) is 6.61 Å². The molecule has 3 heteroatoms. The maximum Gasteiger partial charge on any atom is 0.161 e. The molecule has 1 atom stereocenters. The molecule has 1 aromatic carbocycles. The minimum Gasteiger partial charge on any atom is -0.490 e. The second-order valence-electron chi connectivity index (χ2n) is 4.78. The Hall–Kier alpha value is -1.48. The topological polar surface area (TPSA) is 30.5 Å². The fraction of sp³-hybridized carbons (Fsp3) is 0.500. The van der Waals surface area contributed by atoms with Crippen LogP contribution in [0.3, 0.4) is 0 Å². The number of rotatable bonds is 6. The minimum atomic E-state index is 0.504. The number of piperidine rings is 1. The van der Waals surface area contributed by atoms with Crippen molar-refractivity contribution in [2.45, 2.75) is 25.7 Å². The lowest BCUT2D eigenvalue weighted by atomic mass is 9.91. The molecule has 1 aromatic rings. The molecule has 1 N–H and O–H groups in total. The van der Waals surface area contributed by atoms with Crippen molar-refractivity contribution in [3.8, 4) is 11.5 Å². The summed E-state index contributed by atoms with van der Waals surface area (Å²) in [7, 11) is 0. The lowest BCUT2D eigenvalue weighted by Crippen LogP contribution is -2.28. The van der Waals surface area contributed by atoms with E-state index in [0.717, 1.165) is 24.6 Å². The first-order chi connectivity index (χ1) is 9.35. The van der Waals surface area contributed by atoms with E-state index in [2.05, 4.69) is 24.0 Å². The van der Waals surface area contributed by atoms with E-state index >= 15 is 0 Å². The van der Waals surface area contributed by atoms with E-state index in [1.807, 2.05) is 13.0 Å². The monoisotopic (exact) mass is 261 g/mol. The van der Waals surface area contributed by atoms with Gasteiger partial charge >= 0.3 is 0 Å². The normalized spacial score (nSPS) is 18.9. The van der Waals surface area contributed by atoms with Crippen LogP contribution >= 0.6 is 0 Å². The smallest absolute Gasteiger partial charge is 0.161 e. The van der Waals surface area contributed by atoms with E-state index in [0.29, 0.717) is 19.1 Å². The van der Waals surface area contributed by atoms with Crippen molar-refractivity contribution in [3.63, 3.8) is 0 Å². The zero-order chi connectivity index (χ0) is 13.5. The maximum atomic E-state index is 5.69. The minimum absolute atomic E-state index is 0.504. The standard InChI is InChI=1S/C16H23NO2/c1-3-10-19-15-8-7-13(11-16(15)18-4-2)14-6-5-9-17-12-14/h3,7-8,11,14,17H,1,4-6,9-10,12H2,2H3. The first-order valence-corrected chi connectivity index (χ1v) is 7.06. The fourth-order valence-corrected chi connectivity index (χ4v) is 2.45. The molecule has 1 aliphatic rings. The predicted molar refractivity (Wildman–Crippen MR) is 78.1 cm³/mol. The Bertz CT molecular complexity index is 411. The summed E-state index contributed by atoms with van der Waals surface area (Å²) in [5.74, 6) is 2.23. The second kappa shape index (κ2) is 7.19. The molecule has 3 nitrogen and oxygen atoms in total. The summed E-state index contributed by atoms with van der Waals surface area (Å²) in [5.41, 5.74) is 1.33. The van der Waals surface area contributed by atoms with Gasteiger partial charge in [-0.05, 0) is 49.9 Å². The van der Waals surface area contributed by atoms with E-state index in [9.17, 15) is 0 Å². The van der Waals surface area contributed by atoms with E-state index in [-0.39, 0.29) is 0 Å². The molecule has 19 heavy (non-hydrogen) atoms. The van der Waals surface area contributed by atoms with E-state index in [1.54, 1.807) is 6.08 Å². The van der Waals surface area contributed by atoms with Gasteiger partial charge in [-0.3, -0.25) is 0 Å². The molecule has 0 aliphatic carbocycles. The molecular weight excluding hydrogens is 238 g/mol. The molecule has 104 valence electrons. The average molecular weight is 261 g/mol. The lowest BCUT2D eigenvalue weighted by molar-refractivity contribution is 0.296. The predicted octanol–water partition coefficient (Wildman–Crippen LogP) is 3.12. The third-order valence-corrected chi connectivity index (χ3v) is 3.39. The SMILES string of the molecule is C=CCOc1ccc(C2CCCNC2)cc1OCC. The van der Waals surface area contributed by atoms with E-state index < -0.39 is 0 Å². The number of benzene rings is 1. The highest BCUT2D eigenvalue weighted by atomic mass is 16.5. The first-order valence-electron chi connectivity index (χ1n) is 7.06. The third-order valence-electron chi connectivity index (χ3n) is 3.39. The molecule has 0 amide bonds. The van der Waals surface area contributed by atoms with Gasteiger partial charge in [0.25, 0.3) is 0 Å². The van der Waals surface area contributed by atoms with Crippen molar-refractivity contribution in [3.05, 3.63) is 36.4 Å². The highest BCUT2D eigenvalue weighted by molar-refractivity contribution is 5.44. The van der Waals surface area contributed by atoms with Crippen LogP contribution in [-0.2, 0) is 0 Å². The lowest BCUT2D eigenvalue weighted by Gasteiger charge is -2.24. The molecule has 2 rings (SSSR count). The van der Waals surface area contributed by atoms with E-state index in [1.165, 1.54) is 18.4 Å². The van der Waals surface area contributed by atoms with Crippen molar-refractivity contribution < 1.29 is 9.47 Å². The Balaban J connectivity index is 2.16. The largest absolute Gasteiger partial charge is 0.490 e. The summed E-state index contributed by atoms with van der Waals surface area (Å²) in [4.78, 5) is 0. The molecule has 1 saturated heterocycles. The van der Waals surface area contributed by atoms with Crippen LogP contribution in [0.25, 0.3) is 0 Å². The van der Waals surface area contributed by atoms with Gasteiger partial charge in [-0.25, -0.2) is 0 Å². The third kappa shape index (κ3) is 3.74. The summed E-state index contributed by atoms with van der Waals surface area (Å²) >= 11 is 0. The second-order valence-corrected chi connectivity index (χ2v) is 4.78. The Labute approximate surface area is 115 Å². The molecule has 0 spiro atoms. The molecule has 0 aromatic heterocycles. The molecular formula is C16H23NO2. The number of hydrogen-bond donors (Lipinski definition) is 1. The van der Waals surface area contributed by atoms with Gasteiger partial charge in [0.2, 0.25) is 0 Å². The highest BCUT2D eigenvalue weighted by Crippen LogP contribution is 2.33. The van der Waals surface area contributed by atoms with Crippen molar-refractivity contribution in [1.82, 2.24) is 5.32 Å². The van der Waals surface area contributed by atoms with E-state index in [4.69, 9.17) is 9.47 Å². The Morgan fingerprint density at radius 2 is 2.26 bits per heavy atom. The number of ether oxygens (including phenoxy) is 2. The number of hydrogen-bond acceptors (Lipinski definition) is 3. The molecule has 1 heterocycles. The maximum absolute atomic E-state index is 5.69. The summed E-state index contributed by atoms with van der Waals surface area (Å²) in [6, 6.07) is 6.29. The van der Waals surface area contributed by atoms with Crippen molar-refractivity contribution in [2.75, 3.05) is 26.3 Å². The zero-order valence-electron chi connectivity index (χ0n) is 11.7. The quantitative estimate of drug-likeness (QED) is 0.798. The van der Waals surface area contributed by atoms with Crippen LogP contribution in [0.15, 0.2) is 30.9 Å². The first kappa shape index (κ1) is 13.9. The Morgan fingerprint density at radius 1 is 1.37 bits per heavy atom. The fourth-order valence-electron chi connectivity index (χ4n) is 2.45. The van der Waals surface area contributed by atoms with Gasteiger partial charge in [0, 0.05) is 6.54 Å². The highest BCUT2D eigenvalue weighted by Gasteiger charge is 2.17. The molecule has 1 fully saturated rings. The van der Waals surface area contributed by atoms with Crippen molar-refractivity contribution >= 4 is 0 Å².